The van der Waals surface area contributed by atoms with E-state index in [0.717, 1.165) is 23.3 Å². The number of rotatable bonds is 4. The van der Waals surface area contributed by atoms with E-state index in [9.17, 15) is 12.8 Å². The van der Waals surface area contributed by atoms with Crippen LogP contribution in [0.2, 0.25) is 5.02 Å². The van der Waals surface area contributed by atoms with Gasteiger partial charge < -0.3 is 4.52 Å². The Kier molecular flexibility index (Phi) is 5.42. The zero-order valence-electron chi connectivity index (χ0n) is 15.7. The fourth-order valence-corrected chi connectivity index (χ4v) is 5.21. The fraction of sp³-hybridized carbons (Fsp3) is 0.300. The smallest absolute Gasteiger partial charge is 0.258 e. The number of nitrogens with zero attached hydrogens (tertiary/aromatic N) is 3. The topological polar surface area (TPSA) is 76.3 Å². The van der Waals surface area contributed by atoms with Crippen LogP contribution in [0.3, 0.4) is 0 Å². The van der Waals surface area contributed by atoms with Crippen LogP contribution >= 0.6 is 11.6 Å². The average Bonchev–Trinajstić information content (AvgIpc) is 3.20. The van der Waals surface area contributed by atoms with Gasteiger partial charge in [0.25, 0.3) is 5.89 Å². The minimum atomic E-state index is -3.73. The lowest BCUT2D eigenvalue weighted by molar-refractivity contribution is 0.307. The van der Waals surface area contributed by atoms with Gasteiger partial charge in [-0.15, -0.1) is 0 Å². The van der Waals surface area contributed by atoms with Crippen molar-refractivity contribution in [2.45, 2.75) is 30.6 Å². The van der Waals surface area contributed by atoms with Gasteiger partial charge in [0, 0.05) is 24.6 Å². The highest BCUT2D eigenvalue weighted by Gasteiger charge is 2.32. The van der Waals surface area contributed by atoms with E-state index >= 15 is 0 Å². The second-order valence-corrected chi connectivity index (χ2v) is 9.37. The molecule has 152 valence electrons. The molecule has 0 N–H and O–H groups in total. The number of sulfonamides is 1. The maximum absolute atomic E-state index is 13.4. The molecule has 2 heterocycles. The first kappa shape index (κ1) is 20.0. The van der Waals surface area contributed by atoms with Crippen molar-refractivity contribution < 1.29 is 17.3 Å². The summed E-state index contributed by atoms with van der Waals surface area (Å²) in [6.45, 7) is 2.61. The lowest BCUT2D eigenvalue weighted by Crippen LogP contribution is -2.38. The number of aryl methyl sites for hydroxylation is 1. The van der Waals surface area contributed by atoms with E-state index in [2.05, 4.69) is 10.1 Å². The molecular weight excluding hydrogens is 417 g/mol. The Bertz CT molecular complexity index is 1140. The number of hydrogen-bond donors (Lipinski definition) is 0. The van der Waals surface area contributed by atoms with E-state index < -0.39 is 15.8 Å². The molecule has 0 aliphatic carbocycles. The van der Waals surface area contributed by atoms with Gasteiger partial charge in [0.2, 0.25) is 10.0 Å². The molecule has 6 nitrogen and oxygen atoms in total. The Balaban J connectivity index is 1.47. The van der Waals surface area contributed by atoms with Gasteiger partial charge in [-0.2, -0.15) is 9.29 Å². The minimum Gasteiger partial charge on any atom is -0.334 e. The molecule has 0 unspecified atom stereocenters. The second-order valence-electron chi connectivity index (χ2n) is 7.03. The van der Waals surface area contributed by atoms with E-state index in [1.807, 2.05) is 31.2 Å². The van der Waals surface area contributed by atoms with Crippen LogP contribution in [0.5, 0.6) is 0 Å². The first-order valence-electron chi connectivity index (χ1n) is 9.21. The predicted octanol–water partition coefficient (Wildman–Crippen LogP) is 4.41. The summed E-state index contributed by atoms with van der Waals surface area (Å²) >= 11 is 5.74. The molecule has 3 aromatic rings. The van der Waals surface area contributed by atoms with Crippen molar-refractivity contribution >= 4 is 21.6 Å². The Morgan fingerprint density at radius 1 is 1.17 bits per heavy atom. The van der Waals surface area contributed by atoms with Crippen molar-refractivity contribution in [3.63, 3.8) is 0 Å². The van der Waals surface area contributed by atoms with Crippen LogP contribution < -0.4 is 0 Å². The standard InChI is InChI=1S/C20H19ClFN3O3S/c1-13-4-2-3-5-16(13)20-23-19(24-28-20)14-8-10-25(11-9-14)29(26,27)15-6-7-18(22)17(21)12-15/h2-7,12,14H,8-11H2,1H3. The Morgan fingerprint density at radius 2 is 1.90 bits per heavy atom. The largest absolute Gasteiger partial charge is 0.334 e. The van der Waals surface area contributed by atoms with Crippen molar-refractivity contribution in [3.05, 3.63) is 64.7 Å². The molecule has 1 saturated heterocycles. The summed E-state index contributed by atoms with van der Waals surface area (Å²) in [6, 6.07) is 11.2. The molecule has 0 saturated carbocycles. The van der Waals surface area contributed by atoms with Crippen molar-refractivity contribution in [1.82, 2.24) is 14.4 Å². The van der Waals surface area contributed by atoms with Gasteiger partial charge in [0.1, 0.15) is 5.82 Å². The highest BCUT2D eigenvalue weighted by molar-refractivity contribution is 7.89. The van der Waals surface area contributed by atoms with Crippen LogP contribution in [0, 0.1) is 12.7 Å². The number of halogens is 2. The molecule has 2 aromatic carbocycles. The molecule has 9 heteroatoms. The fourth-order valence-electron chi connectivity index (χ4n) is 3.46. The van der Waals surface area contributed by atoms with E-state index in [0.29, 0.717) is 37.6 Å². The SMILES string of the molecule is Cc1ccccc1-c1nc(C2CCN(S(=O)(=O)c3ccc(F)c(Cl)c3)CC2)no1. The monoisotopic (exact) mass is 435 g/mol. The van der Waals surface area contributed by atoms with E-state index in [1.54, 1.807) is 0 Å². The predicted molar refractivity (Wildman–Crippen MR) is 107 cm³/mol. The van der Waals surface area contributed by atoms with Crippen LogP contribution in [0.1, 0.15) is 30.1 Å². The summed E-state index contributed by atoms with van der Waals surface area (Å²) in [5.41, 5.74) is 1.93. The quantitative estimate of drug-likeness (QED) is 0.606. The van der Waals surface area contributed by atoms with Crippen LogP contribution in [-0.2, 0) is 10.0 Å². The zero-order chi connectivity index (χ0) is 20.6. The molecule has 1 fully saturated rings. The van der Waals surface area contributed by atoms with Crippen molar-refractivity contribution in [2.24, 2.45) is 0 Å². The summed E-state index contributed by atoms with van der Waals surface area (Å²) in [4.78, 5) is 4.52. The van der Waals surface area contributed by atoms with Crippen LogP contribution in [0.4, 0.5) is 4.39 Å². The highest BCUT2D eigenvalue weighted by Crippen LogP contribution is 2.31. The maximum atomic E-state index is 13.4. The Labute approximate surface area is 173 Å². The minimum absolute atomic E-state index is 0.0104. The van der Waals surface area contributed by atoms with Gasteiger partial charge in [-0.3, -0.25) is 0 Å². The third kappa shape index (κ3) is 3.92. The molecule has 0 bridgehead atoms. The molecular formula is C20H19ClFN3O3S. The molecule has 1 aliphatic heterocycles. The number of hydrogen-bond acceptors (Lipinski definition) is 5. The van der Waals surface area contributed by atoms with Crippen molar-refractivity contribution in [3.8, 4) is 11.5 Å². The van der Waals surface area contributed by atoms with Gasteiger partial charge in [0.05, 0.1) is 9.92 Å². The highest BCUT2D eigenvalue weighted by atomic mass is 35.5. The lowest BCUT2D eigenvalue weighted by atomic mass is 9.97. The first-order valence-corrected chi connectivity index (χ1v) is 11.0. The number of aromatic nitrogens is 2. The van der Waals surface area contributed by atoms with Gasteiger partial charge in [-0.1, -0.05) is 35.0 Å². The summed E-state index contributed by atoms with van der Waals surface area (Å²) in [6.07, 6.45) is 1.14. The molecule has 1 aromatic heterocycles. The summed E-state index contributed by atoms with van der Waals surface area (Å²) in [7, 11) is -3.73. The van der Waals surface area contributed by atoms with Crippen molar-refractivity contribution in [2.75, 3.05) is 13.1 Å². The van der Waals surface area contributed by atoms with Crippen LogP contribution in [0.15, 0.2) is 51.9 Å². The zero-order valence-corrected chi connectivity index (χ0v) is 17.3. The van der Waals surface area contributed by atoms with Crippen LogP contribution in [-0.4, -0.2) is 36.0 Å². The Hall–Kier alpha value is -2.29. The Morgan fingerprint density at radius 3 is 2.59 bits per heavy atom. The third-order valence-corrected chi connectivity index (χ3v) is 7.35. The molecule has 0 amide bonds. The molecule has 0 atom stereocenters. The second kappa shape index (κ2) is 7.85. The lowest BCUT2D eigenvalue weighted by Gasteiger charge is -2.29. The van der Waals surface area contributed by atoms with E-state index in [-0.39, 0.29) is 15.8 Å². The van der Waals surface area contributed by atoms with Gasteiger partial charge in [-0.05, 0) is 49.6 Å². The summed E-state index contributed by atoms with van der Waals surface area (Å²) < 4.78 is 45.8. The summed E-state index contributed by atoms with van der Waals surface area (Å²) in [5, 5.41) is 3.90. The average molecular weight is 436 g/mol. The van der Waals surface area contributed by atoms with Crippen LogP contribution in [0.25, 0.3) is 11.5 Å². The number of piperidine rings is 1. The molecule has 29 heavy (non-hydrogen) atoms. The molecule has 0 radical (unpaired) electrons. The van der Waals surface area contributed by atoms with Crippen molar-refractivity contribution in [1.29, 1.82) is 0 Å². The normalized spacial score (nSPS) is 16.2. The number of benzene rings is 2. The van der Waals surface area contributed by atoms with E-state index in [1.165, 1.54) is 10.4 Å². The third-order valence-electron chi connectivity index (χ3n) is 5.17. The molecule has 1 aliphatic rings. The van der Waals surface area contributed by atoms with Gasteiger partial charge in [-0.25, -0.2) is 12.8 Å². The van der Waals surface area contributed by atoms with Gasteiger partial charge >= 0.3 is 0 Å². The first-order chi connectivity index (χ1) is 13.9. The van der Waals surface area contributed by atoms with Gasteiger partial charge in [0.15, 0.2) is 5.82 Å². The maximum Gasteiger partial charge on any atom is 0.258 e. The molecule has 4 rings (SSSR count). The summed E-state index contributed by atoms with van der Waals surface area (Å²) in [5.74, 6) is 0.421. The van der Waals surface area contributed by atoms with E-state index in [4.69, 9.17) is 16.1 Å². The molecule has 0 spiro atoms.